The van der Waals surface area contributed by atoms with Crippen LogP contribution in [0.1, 0.15) is 98.1 Å². The standard InChI is InChI=1S/C26H26N4O4S.C24H22N4O2S.C23H21N3S.C21H24N4O2S/c1-17(18-6-4-3-5-7-18)28-25(32)24-11-10-23(35-24)20-12-13-27-26(30-20)29-19-8-9-21(33-2)22(16-19)34-15-14-31;1-28(19-8-3-2-4-9-19)23(30)15-20-10-11-22(31-20)21-12-13-25-24(27-21)26-18-7-5-6-17(14-18)16-29;1-15-6-4-9-19(12-15)25-23-24-11-10-20(26-23)21-13-18(14-27-21)22-16(2)7-5-8-17(22)3;1-13(2)11-23-20(27)16-10-19(28-12-16)18-7-8-22-21(25-18)24-17-6-4-5-15(9-17)14(3)26/h3-13,16-17,31H,14-15H2,1-2H3,(H,28,32)(H,27,29,30);2-14,29H,15-16H2,1H3,(H,25,26,27);4-14H,1-3H3,(H,24,25,26);4-10,12-14,26H,11H2,1-3H3,(H,23,27)(H,22,24,25)/t17-;;;/m1.../s1. The number of nitrogens with one attached hydrogen (secondary N) is 6. The number of rotatable bonds is 28. The number of aliphatic hydroxyl groups is 3. The fraction of sp³-hybridized carbons (Fsp3) is 0.181. The first-order chi connectivity index (χ1) is 58.7. The minimum atomic E-state index is -0.541. The van der Waals surface area contributed by atoms with Gasteiger partial charge in [0.25, 0.3) is 11.8 Å². The number of thiophene rings is 4. The van der Waals surface area contributed by atoms with Gasteiger partial charge in [0, 0.05) is 83.1 Å². The molecule has 0 saturated carbocycles. The van der Waals surface area contributed by atoms with Gasteiger partial charge in [0.05, 0.1) is 91.6 Å². The number of carbonyl (C=O) groups is 3. The van der Waals surface area contributed by atoms with E-state index in [4.69, 9.17) is 19.6 Å². The molecule has 1 unspecified atom stereocenters. The fourth-order valence-corrected chi connectivity index (χ4v) is 15.9. The first-order valence-corrected chi connectivity index (χ1v) is 42.4. The molecule has 616 valence electrons. The van der Waals surface area contributed by atoms with Crippen LogP contribution in [-0.2, 0) is 17.8 Å². The maximum absolute atomic E-state index is 12.8. The summed E-state index contributed by atoms with van der Waals surface area (Å²) >= 11 is 6.11. The van der Waals surface area contributed by atoms with Gasteiger partial charge in [-0.1, -0.05) is 117 Å². The van der Waals surface area contributed by atoms with Gasteiger partial charge in [0.2, 0.25) is 29.7 Å². The van der Waals surface area contributed by atoms with E-state index in [9.17, 15) is 24.6 Å². The van der Waals surface area contributed by atoms with E-state index in [2.05, 4.69) is 143 Å². The lowest BCUT2D eigenvalue weighted by Gasteiger charge is -2.16. The fourth-order valence-electron chi connectivity index (χ4n) is 12.3. The second kappa shape index (κ2) is 42.9. The molecule has 121 heavy (non-hydrogen) atoms. The summed E-state index contributed by atoms with van der Waals surface area (Å²) in [6.07, 6.45) is 6.64. The van der Waals surface area contributed by atoms with Crippen LogP contribution in [0.3, 0.4) is 0 Å². The lowest BCUT2D eigenvalue weighted by molar-refractivity contribution is -0.117. The largest absolute Gasteiger partial charge is 0.493 e. The molecule has 9 N–H and O–H groups in total. The lowest BCUT2D eigenvalue weighted by Crippen LogP contribution is -2.27. The van der Waals surface area contributed by atoms with Crippen molar-refractivity contribution in [3.63, 3.8) is 0 Å². The maximum Gasteiger partial charge on any atom is 0.261 e. The van der Waals surface area contributed by atoms with Gasteiger partial charge in [-0.05, 0) is 212 Å². The third kappa shape index (κ3) is 24.9. The Kier molecular flexibility index (Phi) is 30.9. The average Bonchev–Trinajstić information content (AvgIpc) is 1.69. The van der Waals surface area contributed by atoms with E-state index in [1.54, 1.807) is 97.7 Å². The predicted octanol–water partition coefficient (Wildman–Crippen LogP) is 20.4. The number of para-hydroxylation sites is 1. The van der Waals surface area contributed by atoms with Crippen molar-refractivity contribution in [1.29, 1.82) is 0 Å². The van der Waals surface area contributed by atoms with Crippen molar-refractivity contribution in [1.82, 2.24) is 50.5 Å². The van der Waals surface area contributed by atoms with E-state index in [-0.39, 0.29) is 43.6 Å². The normalized spacial score (nSPS) is 11.2. The first kappa shape index (κ1) is 87.1. The van der Waals surface area contributed by atoms with Crippen molar-refractivity contribution in [2.45, 2.75) is 73.6 Å². The third-order valence-corrected chi connectivity index (χ3v) is 22.7. The summed E-state index contributed by atoms with van der Waals surface area (Å²) in [6.45, 7) is 14.9. The number of aliphatic hydroxyl groups excluding tert-OH is 3. The van der Waals surface area contributed by atoms with Crippen LogP contribution in [0.25, 0.3) is 53.4 Å². The minimum Gasteiger partial charge on any atom is -0.493 e. The monoisotopic (exact) mass is 1690 g/mol. The Labute approximate surface area is 719 Å². The average molecular weight is 1690 g/mol. The molecular formula is C94H93N15O8S4. The molecule has 0 aliphatic rings. The van der Waals surface area contributed by atoms with E-state index >= 15 is 0 Å². The van der Waals surface area contributed by atoms with Crippen molar-refractivity contribution in [3.8, 4) is 64.9 Å². The van der Waals surface area contributed by atoms with Gasteiger partial charge in [0.1, 0.15) is 6.61 Å². The summed E-state index contributed by atoms with van der Waals surface area (Å²) in [7, 11) is 3.35. The maximum atomic E-state index is 12.8. The molecule has 2 atom stereocenters. The van der Waals surface area contributed by atoms with Crippen molar-refractivity contribution < 1.29 is 39.2 Å². The molecule has 0 bridgehead atoms. The molecule has 8 heterocycles. The summed E-state index contributed by atoms with van der Waals surface area (Å²) in [5.74, 6) is 3.25. The van der Waals surface area contributed by atoms with Crippen LogP contribution >= 0.6 is 45.3 Å². The number of likely N-dealkylation sites (N-methyl/N-ethyl adjacent to an activating group) is 1. The molecule has 3 amide bonds. The minimum absolute atomic E-state index is 0.0213. The van der Waals surface area contributed by atoms with Gasteiger partial charge in [-0.2, -0.15) is 0 Å². The van der Waals surface area contributed by atoms with E-state index < -0.39 is 6.10 Å². The lowest BCUT2D eigenvalue weighted by atomic mass is 9.98. The molecule has 0 aliphatic carbocycles. The number of amides is 3. The molecule has 23 nitrogen and oxygen atoms in total. The Morgan fingerprint density at radius 3 is 1.61 bits per heavy atom. The highest BCUT2D eigenvalue weighted by Crippen LogP contribution is 2.38. The van der Waals surface area contributed by atoms with Crippen molar-refractivity contribution >= 4 is 115 Å². The highest BCUT2D eigenvalue weighted by atomic mass is 32.1. The molecule has 0 spiro atoms. The Morgan fingerprint density at radius 1 is 0.496 bits per heavy atom. The van der Waals surface area contributed by atoms with Gasteiger partial charge >= 0.3 is 0 Å². The Hall–Kier alpha value is -13.3. The molecule has 15 aromatic rings. The quantitative estimate of drug-likeness (QED) is 0.0220. The molecule has 8 aromatic heterocycles. The highest BCUT2D eigenvalue weighted by Gasteiger charge is 2.20. The van der Waals surface area contributed by atoms with Gasteiger partial charge in [-0.25, -0.2) is 39.9 Å². The summed E-state index contributed by atoms with van der Waals surface area (Å²) in [5, 5.41) is 50.9. The Morgan fingerprint density at radius 2 is 1.02 bits per heavy atom. The molecule has 0 radical (unpaired) electrons. The van der Waals surface area contributed by atoms with Crippen LogP contribution in [0, 0.1) is 26.7 Å². The van der Waals surface area contributed by atoms with E-state index in [1.165, 1.54) is 50.5 Å². The van der Waals surface area contributed by atoms with Crippen LogP contribution < -0.4 is 46.3 Å². The van der Waals surface area contributed by atoms with Gasteiger partial charge in [0.15, 0.2) is 11.5 Å². The summed E-state index contributed by atoms with van der Waals surface area (Å²) in [5.41, 5.74) is 17.0. The number of ether oxygens (including phenoxy) is 2. The van der Waals surface area contributed by atoms with Crippen molar-refractivity contribution in [2.24, 2.45) is 5.92 Å². The smallest absolute Gasteiger partial charge is 0.261 e. The zero-order valence-electron chi connectivity index (χ0n) is 68.2. The number of carbonyl (C=O) groups excluding carboxylic acids is 3. The predicted molar refractivity (Wildman–Crippen MR) is 489 cm³/mol. The topological polar surface area (TPSA) is 309 Å². The molecule has 27 heteroatoms. The third-order valence-electron chi connectivity index (χ3n) is 18.5. The number of hydrogen-bond acceptors (Lipinski definition) is 24. The first-order valence-electron chi connectivity index (χ1n) is 39.0. The van der Waals surface area contributed by atoms with E-state index in [0.29, 0.717) is 76.0 Å². The molecular weight excluding hydrogens is 1600 g/mol. The number of aryl methyl sites for hydroxylation is 3. The van der Waals surface area contributed by atoms with Crippen LogP contribution in [0.2, 0.25) is 0 Å². The second-order valence-electron chi connectivity index (χ2n) is 28.3. The van der Waals surface area contributed by atoms with Crippen molar-refractivity contribution in [2.75, 3.05) is 60.1 Å². The van der Waals surface area contributed by atoms with Gasteiger partial charge < -0.3 is 61.6 Å². The number of benzene rings is 7. The SMILES string of the molecule is CC(C)CNC(=O)c1csc(-c2ccnc(Nc3cccc(C(C)O)c3)n2)c1.CN(C(=O)Cc1ccc(-c2ccnc(Nc3cccc(CO)c3)n2)s1)c1ccccc1.COc1ccc(Nc2nccc(-c3ccc(C(=O)N[C@H](C)c4ccccc4)s3)n2)cc1OCCO.Cc1cccc(Nc2nccc(-c3cc(-c4c(C)cccc4C)cs3)n2)c1. The van der Waals surface area contributed by atoms with Crippen LogP contribution in [0.15, 0.2) is 266 Å². The summed E-state index contributed by atoms with van der Waals surface area (Å²) < 4.78 is 10.8. The zero-order chi connectivity index (χ0) is 85.2. The summed E-state index contributed by atoms with van der Waals surface area (Å²) in [4.78, 5) is 80.4. The van der Waals surface area contributed by atoms with Gasteiger partial charge in [-0.3, -0.25) is 14.4 Å². The molecule has 0 fully saturated rings. The number of methoxy groups -OCH3 is 1. The van der Waals surface area contributed by atoms with Gasteiger partial charge in [-0.15, -0.1) is 45.3 Å². The molecule has 0 saturated heterocycles. The number of hydrogen-bond donors (Lipinski definition) is 9. The molecule has 15 rings (SSSR count). The summed E-state index contributed by atoms with van der Waals surface area (Å²) in [6, 6.07) is 73.4. The molecule has 7 aromatic carbocycles. The van der Waals surface area contributed by atoms with E-state index in [1.807, 2.05) is 182 Å². The molecule has 0 aliphatic heterocycles. The highest BCUT2D eigenvalue weighted by molar-refractivity contribution is 7.17. The number of anilines is 9. The number of aromatic nitrogens is 8. The zero-order valence-corrected chi connectivity index (χ0v) is 71.5. The van der Waals surface area contributed by atoms with Crippen LogP contribution in [0.4, 0.5) is 52.2 Å². The second-order valence-corrected chi connectivity index (χ2v) is 32.4. The van der Waals surface area contributed by atoms with E-state index in [0.717, 1.165) is 80.9 Å². The van der Waals surface area contributed by atoms with Crippen LogP contribution in [0.5, 0.6) is 11.5 Å². The number of nitrogens with zero attached hydrogens (tertiary/aromatic N) is 9. The Bertz CT molecular complexity index is 5920. The van der Waals surface area contributed by atoms with Crippen LogP contribution in [-0.4, -0.2) is 107 Å². The Balaban J connectivity index is 0.000000148. The van der Waals surface area contributed by atoms with Crippen molar-refractivity contribution in [3.05, 3.63) is 315 Å².